The number of piperidine rings is 2. The van der Waals surface area contributed by atoms with Crippen molar-refractivity contribution in [2.24, 2.45) is 0 Å². The molecule has 2 bridgehead atoms. The summed E-state index contributed by atoms with van der Waals surface area (Å²) >= 11 is 0. The van der Waals surface area contributed by atoms with Gasteiger partial charge in [0.15, 0.2) is 5.82 Å². The van der Waals surface area contributed by atoms with Crippen LogP contribution < -0.4 is 10.6 Å². The van der Waals surface area contributed by atoms with Gasteiger partial charge in [-0.3, -0.25) is 15.0 Å². The van der Waals surface area contributed by atoms with Crippen LogP contribution in [0.2, 0.25) is 0 Å². The van der Waals surface area contributed by atoms with E-state index in [-0.39, 0.29) is 24.7 Å². The number of aryl methyl sites for hydroxylation is 1. The second-order valence-electron chi connectivity index (χ2n) is 9.14. The Labute approximate surface area is 190 Å². The predicted octanol–water partition coefficient (Wildman–Crippen LogP) is 5.15. The van der Waals surface area contributed by atoms with Gasteiger partial charge in [0.25, 0.3) is 0 Å². The van der Waals surface area contributed by atoms with Gasteiger partial charge >= 0.3 is 6.18 Å². The monoisotopic (exact) mass is 459 g/mol. The van der Waals surface area contributed by atoms with Crippen LogP contribution in [0.5, 0.6) is 0 Å². The quantitative estimate of drug-likeness (QED) is 0.473. The molecule has 1 unspecified atom stereocenters. The zero-order valence-electron chi connectivity index (χ0n) is 18.5. The number of nitrogens with zero attached hydrogens (tertiary/aromatic N) is 4. The van der Waals surface area contributed by atoms with Crippen molar-refractivity contribution in [3.63, 3.8) is 0 Å². The van der Waals surface area contributed by atoms with Gasteiger partial charge in [0, 0.05) is 54.1 Å². The van der Waals surface area contributed by atoms with E-state index in [0.29, 0.717) is 11.6 Å². The number of hydrogen-bond acceptors (Lipinski definition) is 6. The number of aromatic amines is 1. The molecule has 7 nitrogen and oxygen atoms in total. The largest absolute Gasteiger partial charge is 0.390 e. The van der Waals surface area contributed by atoms with Crippen molar-refractivity contribution in [2.45, 2.75) is 69.8 Å². The zero-order chi connectivity index (χ0) is 23.0. The summed E-state index contributed by atoms with van der Waals surface area (Å²) in [7, 11) is 0. The molecule has 5 rings (SSSR count). The number of nitrogens with one attached hydrogen (secondary N) is 3. The number of pyridine rings is 2. The molecule has 33 heavy (non-hydrogen) atoms. The van der Waals surface area contributed by atoms with Gasteiger partial charge in [0.2, 0.25) is 0 Å². The molecule has 2 saturated heterocycles. The normalized spacial score (nSPS) is 23.6. The van der Waals surface area contributed by atoms with Gasteiger partial charge in [0.1, 0.15) is 11.6 Å². The Kier molecular flexibility index (Phi) is 5.86. The van der Waals surface area contributed by atoms with E-state index in [9.17, 15) is 13.2 Å². The second-order valence-corrected chi connectivity index (χ2v) is 9.14. The number of halogens is 3. The molecule has 0 aliphatic carbocycles. The van der Waals surface area contributed by atoms with Crippen LogP contribution in [-0.4, -0.2) is 55.9 Å². The molecule has 0 spiro atoms. The van der Waals surface area contributed by atoms with Crippen LogP contribution in [-0.2, 0) is 0 Å². The van der Waals surface area contributed by atoms with Crippen molar-refractivity contribution in [1.82, 2.24) is 25.1 Å². The molecule has 3 aromatic heterocycles. The Morgan fingerprint density at radius 3 is 2.64 bits per heavy atom. The number of anilines is 3. The molecule has 0 aromatic carbocycles. The third-order valence-electron chi connectivity index (χ3n) is 6.68. The molecule has 3 atom stereocenters. The lowest BCUT2D eigenvalue weighted by Crippen LogP contribution is -2.55. The smallest absolute Gasteiger partial charge is 0.367 e. The van der Waals surface area contributed by atoms with Gasteiger partial charge in [-0.05, 0) is 44.7 Å². The molecule has 2 aliphatic heterocycles. The van der Waals surface area contributed by atoms with E-state index in [1.165, 1.54) is 0 Å². The SMILES string of the molecule is Cc1cc(Nc2cc3ncccc3c(NC3C[C@H]4CCC[C@@H](C3)N4CCC(F)(F)F)n2)n[nH]1. The van der Waals surface area contributed by atoms with Crippen molar-refractivity contribution >= 4 is 28.4 Å². The van der Waals surface area contributed by atoms with Crippen molar-refractivity contribution in [3.8, 4) is 0 Å². The van der Waals surface area contributed by atoms with Crippen molar-refractivity contribution in [1.29, 1.82) is 0 Å². The van der Waals surface area contributed by atoms with E-state index in [4.69, 9.17) is 4.98 Å². The van der Waals surface area contributed by atoms with Crippen LogP contribution in [0, 0.1) is 6.92 Å². The average molecular weight is 460 g/mol. The molecule has 2 fully saturated rings. The molecular formula is C23H28F3N7. The topological polar surface area (TPSA) is 81.8 Å². The lowest BCUT2D eigenvalue weighted by molar-refractivity contribution is -0.143. The Balaban J connectivity index is 1.35. The molecule has 0 saturated carbocycles. The van der Waals surface area contributed by atoms with Gasteiger partial charge in [-0.1, -0.05) is 6.42 Å². The highest BCUT2D eigenvalue weighted by atomic mass is 19.4. The van der Waals surface area contributed by atoms with E-state index in [2.05, 4.69) is 30.7 Å². The van der Waals surface area contributed by atoms with E-state index in [0.717, 1.165) is 54.5 Å². The number of H-pyrrole nitrogens is 1. The summed E-state index contributed by atoms with van der Waals surface area (Å²) in [5.74, 6) is 2.05. The van der Waals surface area contributed by atoms with Crippen LogP contribution in [0.1, 0.15) is 44.2 Å². The minimum Gasteiger partial charge on any atom is -0.367 e. The van der Waals surface area contributed by atoms with Gasteiger partial charge < -0.3 is 10.6 Å². The summed E-state index contributed by atoms with van der Waals surface area (Å²) in [5.41, 5.74) is 1.76. The third-order valence-corrected chi connectivity index (χ3v) is 6.68. The second kappa shape index (κ2) is 8.81. The van der Waals surface area contributed by atoms with Gasteiger partial charge in [-0.25, -0.2) is 4.98 Å². The number of fused-ring (bicyclic) bond motifs is 3. The number of rotatable bonds is 6. The summed E-state index contributed by atoms with van der Waals surface area (Å²) in [6.45, 7) is 2.03. The lowest BCUT2D eigenvalue weighted by atomic mass is 9.81. The van der Waals surface area contributed by atoms with Crippen LogP contribution >= 0.6 is 0 Å². The Bertz CT molecular complexity index is 1100. The first-order chi connectivity index (χ1) is 15.8. The molecule has 10 heteroatoms. The standard InChI is InChI=1S/C23H28F3N7/c1-14-10-21(32-31-14)29-20-13-19-18(6-3-8-27-19)22(30-20)28-15-11-16-4-2-5-17(12-15)33(16)9-7-23(24,25)26/h3,6,8,10,13,15-17H,2,4-5,7,9,11-12H2,1H3,(H3,28,29,30,31,32)/t15?,16-,17+. The van der Waals surface area contributed by atoms with Crippen molar-refractivity contribution in [3.05, 3.63) is 36.2 Å². The summed E-state index contributed by atoms with van der Waals surface area (Å²) in [5, 5.41) is 14.9. The van der Waals surface area contributed by atoms with Gasteiger partial charge in [-0.2, -0.15) is 18.3 Å². The average Bonchev–Trinajstić information content (AvgIpc) is 3.16. The number of hydrogen-bond donors (Lipinski definition) is 3. The van der Waals surface area contributed by atoms with Crippen molar-refractivity contribution < 1.29 is 13.2 Å². The Morgan fingerprint density at radius 1 is 1.15 bits per heavy atom. The predicted molar refractivity (Wildman–Crippen MR) is 122 cm³/mol. The maximum absolute atomic E-state index is 12.8. The molecule has 2 aliphatic rings. The van der Waals surface area contributed by atoms with E-state index >= 15 is 0 Å². The molecule has 0 radical (unpaired) electrons. The maximum Gasteiger partial charge on any atom is 0.390 e. The van der Waals surface area contributed by atoms with E-state index in [1.54, 1.807) is 6.20 Å². The molecule has 3 aromatic rings. The minimum absolute atomic E-state index is 0.0964. The first-order valence-corrected chi connectivity index (χ1v) is 11.5. The Morgan fingerprint density at radius 2 is 1.94 bits per heavy atom. The summed E-state index contributed by atoms with van der Waals surface area (Å²) < 4.78 is 38.5. The van der Waals surface area contributed by atoms with Crippen molar-refractivity contribution in [2.75, 3.05) is 17.2 Å². The first kappa shape index (κ1) is 21.9. The van der Waals surface area contributed by atoms with Gasteiger partial charge in [-0.15, -0.1) is 0 Å². The molecular weight excluding hydrogens is 431 g/mol. The van der Waals surface area contributed by atoms with Crippen LogP contribution in [0.25, 0.3) is 10.9 Å². The summed E-state index contributed by atoms with van der Waals surface area (Å²) in [6.07, 6.45) is 1.50. The molecule has 5 heterocycles. The summed E-state index contributed by atoms with van der Waals surface area (Å²) in [6, 6.07) is 8.16. The summed E-state index contributed by atoms with van der Waals surface area (Å²) in [4.78, 5) is 11.4. The zero-order valence-corrected chi connectivity index (χ0v) is 18.5. The molecule has 0 amide bonds. The highest BCUT2D eigenvalue weighted by molar-refractivity contribution is 5.91. The number of aromatic nitrogens is 4. The van der Waals surface area contributed by atoms with Gasteiger partial charge in [0.05, 0.1) is 11.9 Å². The highest BCUT2D eigenvalue weighted by Gasteiger charge is 2.40. The molecule has 3 N–H and O–H groups in total. The fourth-order valence-electron chi connectivity index (χ4n) is 5.27. The third kappa shape index (κ3) is 5.05. The van der Waals surface area contributed by atoms with E-state index < -0.39 is 12.6 Å². The van der Waals surface area contributed by atoms with E-state index in [1.807, 2.05) is 31.2 Å². The van der Waals surface area contributed by atoms with Crippen LogP contribution in [0.4, 0.5) is 30.6 Å². The van der Waals surface area contributed by atoms with Crippen LogP contribution in [0.15, 0.2) is 30.5 Å². The fourth-order valence-corrected chi connectivity index (χ4v) is 5.27. The highest BCUT2D eigenvalue weighted by Crippen LogP contribution is 2.37. The molecule has 176 valence electrons. The Hall–Kier alpha value is -2.88. The van der Waals surface area contributed by atoms with Crippen LogP contribution in [0.3, 0.4) is 0 Å². The maximum atomic E-state index is 12.8. The minimum atomic E-state index is -4.11. The lowest BCUT2D eigenvalue weighted by Gasteiger charge is -2.49. The fraction of sp³-hybridized carbons (Fsp3) is 0.522. The number of alkyl halides is 3. The first-order valence-electron chi connectivity index (χ1n) is 11.5.